The average Bonchev–Trinajstić information content (AvgIpc) is 3.14. The molecule has 6 rings (SSSR count). The molecule has 2 aromatic carbocycles. The Bertz CT molecular complexity index is 2020. The van der Waals surface area contributed by atoms with Crippen molar-refractivity contribution in [1.29, 1.82) is 0 Å². The Kier molecular flexibility index (Phi) is 18.9. The summed E-state index contributed by atoms with van der Waals surface area (Å²) in [5.74, 6) is -0.327. The zero-order valence-corrected chi connectivity index (χ0v) is 35.7. The number of carbonyl (C=O) groups is 4. The first-order chi connectivity index (χ1) is 27.5. The van der Waals surface area contributed by atoms with Crippen LogP contribution >= 0.6 is 0 Å². The van der Waals surface area contributed by atoms with Gasteiger partial charge in [0.05, 0.1) is 56.2 Å². The number of rotatable bonds is 16. The zero-order valence-electron chi connectivity index (χ0n) is 33.7. The quantitative estimate of drug-likeness (QED) is 0.124. The molecule has 2 atom stereocenters. The van der Waals surface area contributed by atoms with E-state index in [4.69, 9.17) is 33.2 Å². The number of nitrogens with zero attached hydrogens (tertiary/aromatic N) is 6. The Balaban J connectivity index is 0.000000305. The van der Waals surface area contributed by atoms with Gasteiger partial charge in [0.2, 0.25) is 11.8 Å². The van der Waals surface area contributed by atoms with E-state index in [1.807, 2.05) is 6.92 Å². The fourth-order valence-electron chi connectivity index (χ4n) is 5.32. The van der Waals surface area contributed by atoms with Crippen LogP contribution in [0.15, 0.2) is 61.2 Å². The number of methoxy groups -OCH3 is 3. The maximum absolute atomic E-state index is 12.2. The molecule has 59 heavy (non-hydrogen) atoms. The van der Waals surface area contributed by atoms with Crippen molar-refractivity contribution >= 4 is 23.8 Å². The van der Waals surface area contributed by atoms with Gasteiger partial charge in [-0.05, 0) is 51.0 Å². The molecule has 0 aliphatic carbocycles. The summed E-state index contributed by atoms with van der Waals surface area (Å²) in [7, 11) is 4.43. The number of carboxylic acid groups (broad SMARTS) is 1. The molecule has 0 radical (unpaired) electrons. The molecule has 2 N–H and O–H groups in total. The second-order valence-electron chi connectivity index (χ2n) is 12.9. The summed E-state index contributed by atoms with van der Waals surface area (Å²) in [6.45, 7) is 7.32. The number of hydrogen-bond acceptors (Lipinski definition) is 16. The number of ether oxygens (including phenoxy) is 7. The minimum absolute atomic E-state index is 0. The molecule has 4 aromatic rings. The van der Waals surface area contributed by atoms with Gasteiger partial charge in [-0.2, -0.15) is 0 Å². The number of carboxylic acids is 1. The van der Waals surface area contributed by atoms with Crippen molar-refractivity contribution in [2.24, 2.45) is 0 Å². The van der Waals surface area contributed by atoms with Gasteiger partial charge in [-0.15, -0.1) is 0 Å². The van der Waals surface area contributed by atoms with Crippen LogP contribution in [-0.2, 0) is 14.2 Å². The van der Waals surface area contributed by atoms with Crippen LogP contribution in [0.3, 0.4) is 0 Å². The molecule has 2 aliphatic heterocycles. The minimum atomic E-state index is -1.11. The summed E-state index contributed by atoms with van der Waals surface area (Å²) in [5, 5.41) is 9.31. The molecule has 2 fully saturated rings. The van der Waals surface area contributed by atoms with E-state index in [0.717, 1.165) is 39.0 Å². The van der Waals surface area contributed by atoms with Crippen molar-refractivity contribution in [2.45, 2.75) is 38.9 Å². The van der Waals surface area contributed by atoms with Gasteiger partial charge >= 0.3 is 41.5 Å². The number of esters is 1. The largest absolute Gasteiger partial charge is 1.00 e. The Morgan fingerprint density at radius 3 is 1.37 bits per heavy atom. The third-order valence-corrected chi connectivity index (χ3v) is 8.33. The van der Waals surface area contributed by atoms with Crippen LogP contribution in [0.5, 0.6) is 34.8 Å². The second kappa shape index (κ2) is 23.2. The fourth-order valence-corrected chi connectivity index (χ4v) is 5.32. The molecule has 2 aromatic heterocycles. The Morgan fingerprint density at radius 1 is 0.627 bits per heavy atom. The van der Waals surface area contributed by atoms with Gasteiger partial charge in [0, 0.05) is 52.5 Å². The Hall–Kier alpha value is -5.44. The first-order valence-corrected chi connectivity index (χ1v) is 18.0. The number of hydrogen-bond donors (Lipinski definition) is 1. The third kappa shape index (κ3) is 13.8. The molecule has 19 nitrogen and oxygen atoms in total. The summed E-state index contributed by atoms with van der Waals surface area (Å²) < 4.78 is 37.6. The van der Waals surface area contributed by atoms with E-state index in [1.54, 1.807) is 49.1 Å². The summed E-state index contributed by atoms with van der Waals surface area (Å²) in [5.41, 5.74) is 0.776. The van der Waals surface area contributed by atoms with Crippen molar-refractivity contribution in [2.75, 3.05) is 60.7 Å². The predicted molar refractivity (Wildman–Crippen MR) is 202 cm³/mol. The maximum atomic E-state index is 12.2. The van der Waals surface area contributed by atoms with E-state index in [9.17, 15) is 24.3 Å². The van der Waals surface area contributed by atoms with Gasteiger partial charge in [0.1, 0.15) is 46.6 Å². The molecular formula is C39H45N6NaO13. The summed E-state index contributed by atoms with van der Waals surface area (Å²) in [4.78, 5) is 67.5. The number of amides is 2. The average molecular weight is 829 g/mol. The Morgan fingerprint density at radius 2 is 1.03 bits per heavy atom. The molecule has 0 spiro atoms. The van der Waals surface area contributed by atoms with Gasteiger partial charge in [-0.3, -0.25) is 9.59 Å². The number of benzene rings is 2. The molecular weight excluding hydrogens is 783 g/mol. The van der Waals surface area contributed by atoms with Gasteiger partial charge in [-0.25, -0.2) is 29.5 Å². The van der Waals surface area contributed by atoms with Crippen molar-refractivity contribution in [3.05, 3.63) is 83.7 Å². The summed E-state index contributed by atoms with van der Waals surface area (Å²) >= 11 is 0. The van der Waals surface area contributed by atoms with E-state index in [0.29, 0.717) is 30.5 Å². The Labute approximate surface area is 362 Å². The fraction of sp³-hybridized carbons (Fsp3) is 0.385. The van der Waals surface area contributed by atoms with Gasteiger partial charge in [0.25, 0.3) is 11.8 Å². The van der Waals surface area contributed by atoms with E-state index in [-0.39, 0.29) is 99.1 Å². The maximum Gasteiger partial charge on any atom is 1.00 e. The monoisotopic (exact) mass is 828 g/mol. The van der Waals surface area contributed by atoms with Gasteiger partial charge in [-0.1, -0.05) is 0 Å². The molecule has 0 bridgehead atoms. The number of likely N-dealkylation sites (tertiary alicyclic amines) is 2. The van der Waals surface area contributed by atoms with E-state index in [1.165, 1.54) is 50.1 Å². The van der Waals surface area contributed by atoms with Crippen molar-refractivity contribution < 1.29 is 92.5 Å². The molecule has 0 saturated carbocycles. The molecule has 310 valence electrons. The zero-order chi connectivity index (χ0) is 40.9. The van der Waals surface area contributed by atoms with Crippen LogP contribution in [0.4, 0.5) is 0 Å². The van der Waals surface area contributed by atoms with Crippen LogP contribution in [-0.4, -0.2) is 137 Å². The van der Waals surface area contributed by atoms with E-state index in [2.05, 4.69) is 19.9 Å². The standard InChI is InChI=1S/C20H23N3O6.C19H21N3O6.Na.H2O/c1-13(12-26-2)28-15-7-14(20(25)27-3)8-16(9-15)29-18-11-21-17(10-22-18)19(24)23-5-4-6-23;1-12(11-26-2)27-14-6-13(19(24)25)7-15(8-14)28-17-10-20-16(9-21-17)18(23)22-4-3-5-22;;/h7-11,13H,4-6,12H2,1-3H3;6-10,12H,3-5,11H2,1-2H3,(H,24,25);;1H2/q;;+1;/p-1/t13-;12-;;/m00../s1. The topological polar surface area (TPSA) is 241 Å². The van der Waals surface area contributed by atoms with Gasteiger partial charge < -0.3 is 53.5 Å². The number of aromatic carboxylic acids is 1. The number of carbonyl (C=O) groups excluding carboxylic acids is 3. The van der Waals surface area contributed by atoms with Crippen molar-refractivity contribution in [3.63, 3.8) is 0 Å². The predicted octanol–water partition coefficient (Wildman–Crippen LogP) is 1.37. The van der Waals surface area contributed by atoms with E-state index < -0.39 is 11.9 Å². The first kappa shape index (κ1) is 47.9. The number of aromatic nitrogens is 4. The van der Waals surface area contributed by atoms with Crippen LogP contribution in [0.1, 0.15) is 68.4 Å². The van der Waals surface area contributed by atoms with Crippen molar-refractivity contribution in [3.8, 4) is 34.8 Å². The molecule has 4 heterocycles. The van der Waals surface area contributed by atoms with Crippen LogP contribution < -0.4 is 48.5 Å². The van der Waals surface area contributed by atoms with Gasteiger partial charge in [0.15, 0.2) is 0 Å². The molecule has 2 amide bonds. The summed E-state index contributed by atoms with van der Waals surface area (Å²) in [6, 6.07) is 9.02. The SMILES string of the molecule is COC[C@H](C)Oc1cc(Oc2cnc(C(=O)N3CCC3)cn2)cc(C(=O)O)c1.COC[C@H](C)Oc1cc(Oc2cnc(C(=O)N3CCC3)cn2)cc(C(=O)OC)c1.[Na+].[OH-]. The van der Waals surface area contributed by atoms with Crippen LogP contribution in [0.2, 0.25) is 0 Å². The van der Waals surface area contributed by atoms with Crippen molar-refractivity contribution in [1.82, 2.24) is 29.7 Å². The normalized spacial score (nSPS) is 13.6. The van der Waals surface area contributed by atoms with E-state index >= 15 is 0 Å². The first-order valence-electron chi connectivity index (χ1n) is 18.0. The molecule has 20 heteroatoms. The minimum Gasteiger partial charge on any atom is -0.870 e. The summed E-state index contributed by atoms with van der Waals surface area (Å²) in [6.07, 6.45) is 6.91. The molecule has 0 unspecified atom stereocenters. The molecule has 2 aliphatic rings. The smallest absolute Gasteiger partial charge is 0.870 e. The van der Waals surface area contributed by atoms with Crippen LogP contribution in [0.25, 0.3) is 0 Å². The molecule has 2 saturated heterocycles. The third-order valence-electron chi connectivity index (χ3n) is 8.33. The van der Waals surface area contributed by atoms with Crippen LogP contribution in [0, 0.1) is 0 Å². The second-order valence-corrected chi connectivity index (χ2v) is 12.9.